The normalized spacial score (nSPS) is 11.9. The second-order valence-corrected chi connectivity index (χ2v) is 9.29. The molecule has 180 valence electrons. The molecule has 0 radical (unpaired) electrons. The van der Waals surface area contributed by atoms with Crippen LogP contribution in [0.1, 0.15) is 18.5 Å². The van der Waals surface area contributed by atoms with Crippen molar-refractivity contribution in [3.05, 3.63) is 78.4 Å². The number of methoxy groups -OCH3 is 3. The SMILES string of the molecule is COc1ccc(C(C)NC(=O)CN(c2ccc(OC)c(OC)c2)S(=O)(=O)c2ccccc2)cc1. The zero-order chi connectivity index (χ0) is 24.7. The average Bonchev–Trinajstić information content (AvgIpc) is 2.87. The van der Waals surface area contributed by atoms with Crippen molar-refractivity contribution in [3.63, 3.8) is 0 Å². The van der Waals surface area contributed by atoms with Gasteiger partial charge >= 0.3 is 0 Å². The molecule has 0 saturated heterocycles. The van der Waals surface area contributed by atoms with Crippen molar-refractivity contribution in [2.45, 2.75) is 17.9 Å². The van der Waals surface area contributed by atoms with E-state index < -0.39 is 22.5 Å². The molecule has 1 N–H and O–H groups in total. The minimum absolute atomic E-state index is 0.0702. The molecule has 0 saturated carbocycles. The van der Waals surface area contributed by atoms with Crippen LogP contribution in [0.3, 0.4) is 0 Å². The van der Waals surface area contributed by atoms with Crippen LogP contribution in [0.2, 0.25) is 0 Å². The number of nitrogens with zero attached hydrogens (tertiary/aromatic N) is 1. The number of amides is 1. The predicted molar refractivity (Wildman–Crippen MR) is 130 cm³/mol. The van der Waals surface area contributed by atoms with E-state index in [1.807, 2.05) is 19.1 Å². The molecule has 1 unspecified atom stereocenters. The first-order valence-corrected chi connectivity index (χ1v) is 12.0. The fourth-order valence-electron chi connectivity index (χ4n) is 3.41. The first kappa shape index (κ1) is 24.9. The fourth-order valence-corrected chi connectivity index (χ4v) is 4.84. The maximum absolute atomic E-state index is 13.5. The van der Waals surface area contributed by atoms with E-state index in [1.54, 1.807) is 49.6 Å². The minimum atomic E-state index is -4.04. The number of nitrogens with one attached hydrogen (secondary N) is 1. The molecule has 3 rings (SSSR count). The molecule has 0 heterocycles. The molecule has 0 aromatic heterocycles. The van der Waals surface area contributed by atoms with Crippen molar-refractivity contribution in [2.75, 3.05) is 32.2 Å². The van der Waals surface area contributed by atoms with E-state index in [4.69, 9.17) is 14.2 Å². The lowest BCUT2D eigenvalue weighted by molar-refractivity contribution is -0.120. The number of rotatable bonds is 10. The van der Waals surface area contributed by atoms with Gasteiger partial charge in [-0.05, 0) is 48.9 Å². The van der Waals surface area contributed by atoms with E-state index in [-0.39, 0.29) is 16.6 Å². The molecular weight excluding hydrogens is 456 g/mol. The summed E-state index contributed by atoms with van der Waals surface area (Å²) in [6.07, 6.45) is 0. The molecule has 3 aromatic carbocycles. The minimum Gasteiger partial charge on any atom is -0.497 e. The van der Waals surface area contributed by atoms with Gasteiger partial charge < -0.3 is 19.5 Å². The Labute approximate surface area is 200 Å². The summed E-state index contributed by atoms with van der Waals surface area (Å²) in [5, 5.41) is 2.87. The van der Waals surface area contributed by atoms with Gasteiger partial charge in [-0.3, -0.25) is 9.10 Å². The number of benzene rings is 3. The predicted octanol–water partition coefficient (Wildman–Crippen LogP) is 3.79. The summed E-state index contributed by atoms with van der Waals surface area (Å²) in [5.41, 5.74) is 1.13. The monoisotopic (exact) mass is 484 g/mol. The summed E-state index contributed by atoms with van der Waals surface area (Å²) in [7, 11) is 0.485. The highest BCUT2D eigenvalue weighted by Crippen LogP contribution is 2.33. The van der Waals surface area contributed by atoms with Crippen molar-refractivity contribution in [1.82, 2.24) is 5.32 Å². The molecule has 0 aliphatic heterocycles. The molecule has 0 bridgehead atoms. The standard InChI is InChI=1S/C25H28N2O6S/c1-18(19-10-13-21(31-2)14-11-19)26-25(28)17-27(34(29,30)22-8-6-5-7-9-22)20-12-15-23(32-3)24(16-20)33-4/h5-16,18H,17H2,1-4H3,(H,26,28). The van der Waals surface area contributed by atoms with Crippen LogP contribution in [-0.2, 0) is 14.8 Å². The van der Waals surface area contributed by atoms with Crippen molar-refractivity contribution in [2.24, 2.45) is 0 Å². The average molecular weight is 485 g/mol. The second-order valence-electron chi connectivity index (χ2n) is 7.43. The Bertz CT molecular complexity index is 1210. The summed E-state index contributed by atoms with van der Waals surface area (Å²) < 4.78 is 43.8. The number of carbonyl (C=O) groups is 1. The van der Waals surface area contributed by atoms with Gasteiger partial charge in [-0.25, -0.2) is 8.42 Å². The second kappa shape index (κ2) is 10.9. The van der Waals surface area contributed by atoms with Crippen molar-refractivity contribution >= 4 is 21.6 Å². The van der Waals surface area contributed by atoms with E-state index in [0.717, 1.165) is 9.87 Å². The molecule has 0 fully saturated rings. The Morgan fingerprint density at radius 3 is 2.12 bits per heavy atom. The summed E-state index contributed by atoms with van der Waals surface area (Å²) >= 11 is 0. The van der Waals surface area contributed by atoms with E-state index in [1.165, 1.54) is 32.4 Å². The lowest BCUT2D eigenvalue weighted by Crippen LogP contribution is -2.41. The van der Waals surface area contributed by atoms with Gasteiger partial charge in [-0.2, -0.15) is 0 Å². The van der Waals surface area contributed by atoms with E-state index in [0.29, 0.717) is 17.2 Å². The van der Waals surface area contributed by atoms with Crippen molar-refractivity contribution in [1.29, 1.82) is 0 Å². The Morgan fingerprint density at radius 2 is 1.53 bits per heavy atom. The van der Waals surface area contributed by atoms with Crippen molar-refractivity contribution in [3.8, 4) is 17.2 Å². The molecular formula is C25H28N2O6S. The highest BCUT2D eigenvalue weighted by Gasteiger charge is 2.28. The first-order chi connectivity index (χ1) is 16.3. The molecule has 1 atom stereocenters. The lowest BCUT2D eigenvalue weighted by atomic mass is 10.1. The fraction of sp³-hybridized carbons (Fsp3) is 0.240. The van der Waals surface area contributed by atoms with Crippen molar-refractivity contribution < 1.29 is 27.4 Å². The number of hydrogen-bond acceptors (Lipinski definition) is 6. The Hall–Kier alpha value is -3.72. The number of sulfonamides is 1. The lowest BCUT2D eigenvalue weighted by Gasteiger charge is -2.26. The van der Waals surface area contributed by atoms with Gasteiger partial charge in [0, 0.05) is 6.07 Å². The van der Waals surface area contributed by atoms with Crippen LogP contribution >= 0.6 is 0 Å². The third-order valence-corrected chi connectivity index (χ3v) is 7.05. The zero-order valence-electron chi connectivity index (χ0n) is 19.5. The van der Waals surface area contributed by atoms with E-state index in [2.05, 4.69) is 5.32 Å². The van der Waals surface area contributed by atoms with Crippen LogP contribution in [-0.4, -0.2) is 42.2 Å². The van der Waals surface area contributed by atoms with Gasteiger partial charge in [0.25, 0.3) is 10.0 Å². The topological polar surface area (TPSA) is 94.2 Å². The summed E-state index contributed by atoms with van der Waals surface area (Å²) in [6, 6.07) is 19.6. The Kier molecular flexibility index (Phi) is 8.01. The van der Waals surface area contributed by atoms with Crippen LogP contribution < -0.4 is 23.8 Å². The molecule has 0 aliphatic rings. The third kappa shape index (κ3) is 5.60. The maximum Gasteiger partial charge on any atom is 0.264 e. The van der Waals surface area contributed by atoms with Crippen LogP contribution in [0.4, 0.5) is 5.69 Å². The number of ether oxygens (including phenoxy) is 3. The quantitative estimate of drug-likeness (QED) is 0.471. The summed E-state index contributed by atoms with van der Waals surface area (Å²) in [4.78, 5) is 13.1. The third-order valence-electron chi connectivity index (χ3n) is 5.27. The molecule has 8 nitrogen and oxygen atoms in total. The molecule has 9 heteroatoms. The van der Waals surface area contributed by atoms with E-state index >= 15 is 0 Å². The molecule has 0 aliphatic carbocycles. The smallest absolute Gasteiger partial charge is 0.264 e. The molecule has 3 aromatic rings. The summed E-state index contributed by atoms with van der Waals surface area (Å²) in [5.74, 6) is 1.04. The number of anilines is 1. The maximum atomic E-state index is 13.5. The highest BCUT2D eigenvalue weighted by atomic mass is 32.2. The van der Waals surface area contributed by atoms with Gasteiger partial charge in [-0.1, -0.05) is 30.3 Å². The number of carbonyl (C=O) groups excluding carboxylic acids is 1. The number of hydrogen-bond donors (Lipinski definition) is 1. The molecule has 1 amide bonds. The van der Waals surface area contributed by atoms with Crippen LogP contribution in [0, 0.1) is 0 Å². The highest BCUT2D eigenvalue weighted by molar-refractivity contribution is 7.92. The zero-order valence-corrected chi connectivity index (χ0v) is 20.3. The first-order valence-electron chi connectivity index (χ1n) is 10.5. The molecule has 0 spiro atoms. The van der Waals surface area contributed by atoms with Gasteiger partial charge in [0.15, 0.2) is 11.5 Å². The largest absolute Gasteiger partial charge is 0.497 e. The van der Waals surface area contributed by atoms with Gasteiger partial charge in [-0.15, -0.1) is 0 Å². The Balaban J connectivity index is 1.91. The van der Waals surface area contributed by atoms with Crippen LogP contribution in [0.5, 0.6) is 17.2 Å². The van der Waals surface area contributed by atoms with Crippen LogP contribution in [0.25, 0.3) is 0 Å². The molecule has 34 heavy (non-hydrogen) atoms. The van der Waals surface area contributed by atoms with Gasteiger partial charge in [0.2, 0.25) is 5.91 Å². The van der Waals surface area contributed by atoms with E-state index in [9.17, 15) is 13.2 Å². The van der Waals surface area contributed by atoms with Crippen LogP contribution in [0.15, 0.2) is 77.7 Å². The summed E-state index contributed by atoms with van der Waals surface area (Å²) in [6.45, 7) is 1.40. The Morgan fingerprint density at radius 1 is 0.882 bits per heavy atom. The van der Waals surface area contributed by atoms with Gasteiger partial charge in [0.1, 0.15) is 12.3 Å². The van der Waals surface area contributed by atoms with Gasteiger partial charge in [0.05, 0.1) is 38.0 Å².